The molecule has 2 saturated heterocycles. The Kier molecular flexibility index (Phi) is 9.24. The van der Waals surface area contributed by atoms with Gasteiger partial charge in [0.25, 0.3) is 0 Å². The highest BCUT2D eigenvalue weighted by molar-refractivity contribution is 7.89. The summed E-state index contributed by atoms with van der Waals surface area (Å²) >= 11 is 18.6. The third-order valence-corrected chi connectivity index (χ3v) is 11.8. The first kappa shape index (κ1) is 32.6. The molecule has 1 N–H and O–H groups in total. The van der Waals surface area contributed by atoms with E-state index in [1.165, 1.54) is 23.1 Å². The number of hydrogen-bond acceptors (Lipinski definition) is 5. The highest BCUT2D eigenvalue weighted by Crippen LogP contribution is 2.38. The van der Waals surface area contributed by atoms with Crippen molar-refractivity contribution in [3.05, 3.63) is 99.0 Å². The summed E-state index contributed by atoms with van der Waals surface area (Å²) in [5.74, 6) is -0.950. The zero-order valence-electron chi connectivity index (χ0n) is 24.5. The minimum atomic E-state index is -4.45. The molecule has 3 fully saturated rings. The Balaban J connectivity index is 1.48. The van der Waals surface area contributed by atoms with Gasteiger partial charge in [-0.2, -0.15) is 4.31 Å². The lowest BCUT2D eigenvalue weighted by atomic mass is 9.88. The van der Waals surface area contributed by atoms with Crippen LogP contribution in [0.15, 0.2) is 77.7 Å². The topological polar surface area (TPSA) is 119 Å². The van der Waals surface area contributed by atoms with E-state index in [1.54, 1.807) is 59.5 Å². The third-order valence-electron chi connectivity index (χ3n) is 8.97. The first-order valence-electron chi connectivity index (χ1n) is 14.8. The van der Waals surface area contributed by atoms with E-state index in [0.29, 0.717) is 16.1 Å². The molecule has 2 heterocycles. The van der Waals surface area contributed by atoms with Gasteiger partial charge >= 0.3 is 6.09 Å². The van der Waals surface area contributed by atoms with Crippen LogP contribution in [-0.4, -0.2) is 87.8 Å². The molecule has 3 aliphatic rings. The molecule has 3 unspecified atom stereocenters. The Morgan fingerprint density at radius 2 is 1.54 bits per heavy atom. The number of amides is 3. The second-order valence-electron chi connectivity index (χ2n) is 11.7. The van der Waals surface area contributed by atoms with Crippen molar-refractivity contribution in [2.45, 2.75) is 61.4 Å². The number of carbonyl (C=O) groups excluding carboxylic acids is 2. The van der Waals surface area contributed by atoms with E-state index in [2.05, 4.69) is 0 Å². The fraction of sp³-hybridized carbons (Fsp3) is 0.344. The van der Waals surface area contributed by atoms with Crippen molar-refractivity contribution in [2.75, 3.05) is 13.1 Å². The maximum absolute atomic E-state index is 14.5. The Hall–Kier alpha value is -3.35. The smallest absolute Gasteiger partial charge is 0.408 e. The van der Waals surface area contributed by atoms with Crippen LogP contribution in [0.2, 0.25) is 15.1 Å². The van der Waals surface area contributed by atoms with Crippen molar-refractivity contribution in [1.29, 1.82) is 0 Å². The lowest BCUT2D eigenvalue weighted by Crippen LogP contribution is -2.77. The van der Waals surface area contributed by atoms with Crippen molar-refractivity contribution >= 4 is 62.7 Å². The second kappa shape index (κ2) is 13.0. The molecule has 3 amide bonds. The second-order valence-corrected chi connectivity index (χ2v) is 14.8. The van der Waals surface area contributed by atoms with E-state index in [0.717, 1.165) is 28.5 Å². The van der Waals surface area contributed by atoms with E-state index in [9.17, 15) is 27.9 Å². The monoisotopic (exact) mass is 704 g/mol. The zero-order valence-corrected chi connectivity index (χ0v) is 27.6. The quantitative estimate of drug-likeness (QED) is 0.337. The summed E-state index contributed by atoms with van der Waals surface area (Å²) in [6.07, 6.45) is 0.0288. The summed E-state index contributed by atoms with van der Waals surface area (Å²) in [6, 6.07) is 16.9. The van der Waals surface area contributed by atoms with Gasteiger partial charge in [0.2, 0.25) is 21.8 Å². The molecule has 0 aromatic heterocycles. The Labute approximate surface area is 282 Å². The lowest BCUT2D eigenvalue weighted by Gasteiger charge is -2.56. The van der Waals surface area contributed by atoms with E-state index in [4.69, 9.17) is 34.8 Å². The molecule has 10 nitrogen and oxygen atoms in total. The van der Waals surface area contributed by atoms with Gasteiger partial charge in [0.15, 0.2) is 0 Å². The number of fused-ring (bicyclic) bond motifs is 1. The highest BCUT2D eigenvalue weighted by atomic mass is 35.5. The van der Waals surface area contributed by atoms with E-state index < -0.39 is 46.8 Å². The van der Waals surface area contributed by atoms with Gasteiger partial charge in [-0.1, -0.05) is 77.3 Å². The Bertz CT molecular complexity index is 1760. The minimum Gasteiger partial charge on any atom is -0.465 e. The number of piperazine rings is 1. The van der Waals surface area contributed by atoms with E-state index in [-0.39, 0.29) is 46.4 Å². The van der Waals surface area contributed by atoms with Gasteiger partial charge in [0, 0.05) is 35.6 Å². The number of rotatable bonds is 8. The molecule has 3 aromatic rings. The van der Waals surface area contributed by atoms with Gasteiger partial charge in [-0.3, -0.25) is 14.5 Å². The van der Waals surface area contributed by atoms with Crippen LogP contribution < -0.4 is 0 Å². The normalized spacial score (nSPS) is 22.4. The number of sulfonamides is 1. The number of benzene rings is 3. The zero-order chi connectivity index (χ0) is 32.7. The van der Waals surface area contributed by atoms with Crippen LogP contribution in [0, 0.1) is 0 Å². The number of carbonyl (C=O) groups is 3. The molecule has 14 heteroatoms. The SMILES string of the molecule is O=C1C(Cc2ccc(Cl)cc2)N2C(=O)C(N(Cc3ccccc3)C(=O)O)CN(S(=O)(=O)c3ccc(Cl)cc3Cl)C2CN1C1CCC1. The molecule has 0 spiro atoms. The molecule has 3 atom stereocenters. The number of halogens is 3. The van der Waals surface area contributed by atoms with Crippen molar-refractivity contribution in [1.82, 2.24) is 19.0 Å². The van der Waals surface area contributed by atoms with Crippen molar-refractivity contribution in [3.63, 3.8) is 0 Å². The number of nitrogens with zero attached hydrogens (tertiary/aromatic N) is 4. The van der Waals surface area contributed by atoms with E-state index >= 15 is 0 Å². The fourth-order valence-corrected chi connectivity index (χ4v) is 8.84. The van der Waals surface area contributed by atoms with E-state index in [1.807, 2.05) is 0 Å². The van der Waals surface area contributed by atoms with Crippen molar-refractivity contribution < 1.29 is 27.9 Å². The first-order chi connectivity index (χ1) is 22.0. The Morgan fingerprint density at radius 3 is 2.15 bits per heavy atom. The molecule has 46 heavy (non-hydrogen) atoms. The predicted molar refractivity (Wildman–Crippen MR) is 173 cm³/mol. The van der Waals surface area contributed by atoms with Crippen LogP contribution in [0.3, 0.4) is 0 Å². The summed E-state index contributed by atoms with van der Waals surface area (Å²) in [7, 11) is -4.45. The lowest BCUT2D eigenvalue weighted by molar-refractivity contribution is -0.173. The molecule has 1 saturated carbocycles. The maximum atomic E-state index is 14.5. The molecule has 1 aliphatic carbocycles. The predicted octanol–water partition coefficient (Wildman–Crippen LogP) is 5.36. The molecule has 6 rings (SSSR count). The van der Waals surface area contributed by atoms with Gasteiger partial charge in [-0.25, -0.2) is 13.2 Å². The number of carboxylic acid groups (broad SMARTS) is 1. The first-order valence-corrected chi connectivity index (χ1v) is 17.4. The summed E-state index contributed by atoms with van der Waals surface area (Å²) < 4.78 is 30.1. The van der Waals surface area contributed by atoms with Gasteiger partial charge < -0.3 is 14.9 Å². The fourth-order valence-electron chi connectivity index (χ4n) is 6.39. The molecule has 0 bridgehead atoms. The molecular weight excluding hydrogens is 675 g/mol. The molecule has 2 aliphatic heterocycles. The van der Waals surface area contributed by atoms with Crippen molar-refractivity contribution in [3.8, 4) is 0 Å². The standard InChI is InChI=1S/C32H31Cl3N4O6S/c33-22-11-9-20(10-12-22)15-26-30(40)36(24-7-4-8-24)19-29-38(46(44,45)28-14-13-23(34)16-25(28)35)18-27(31(41)39(26)29)37(32(42)43)17-21-5-2-1-3-6-21/h1-3,5-6,9-14,16,24,26-27,29H,4,7-8,15,17-19H2,(H,42,43). The third kappa shape index (κ3) is 6.18. The minimum absolute atomic E-state index is 0.0602. The maximum Gasteiger partial charge on any atom is 0.408 e. The van der Waals surface area contributed by atoms with Gasteiger partial charge in [-0.05, 0) is 60.7 Å². The number of hydrogen-bond donors (Lipinski definition) is 1. The molecule has 0 radical (unpaired) electrons. The largest absolute Gasteiger partial charge is 0.465 e. The van der Waals surface area contributed by atoms with Gasteiger partial charge in [0.1, 0.15) is 23.1 Å². The average Bonchev–Trinajstić information content (AvgIpc) is 2.98. The average molecular weight is 706 g/mol. The molecular formula is C32H31Cl3N4O6S. The van der Waals surface area contributed by atoms with Crippen LogP contribution in [0.4, 0.5) is 4.79 Å². The molecule has 3 aromatic carbocycles. The van der Waals surface area contributed by atoms with Crippen LogP contribution in [-0.2, 0) is 32.6 Å². The van der Waals surface area contributed by atoms with Gasteiger partial charge in [-0.15, -0.1) is 0 Å². The van der Waals surface area contributed by atoms with Gasteiger partial charge in [0.05, 0.1) is 11.6 Å². The summed E-state index contributed by atoms with van der Waals surface area (Å²) in [6.45, 7) is -0.708. The van der Waals surface area contributed by atoms with Crippen LogP contribution in [0.5, 0.6) is 0 Å². The summed E-state index contributed by atoms with van der Waals surface area (Å²) in [4.78, 5) is 45.2. The summed E-state index contributed by atoms with van der Waals surface area (Å²) in [5.41, 5.74) is 1.32. The van der Waals surface area contributed by atoms with Crippen LogP contribution in [0.25, 0.3) is 0 Å². The van der Waals surface area contributed by atoms with Crippen molar-refractivity contribution in [2.24, 2.45) is 0 Å². The summed E-state index contributed by atoms with van der Waals surface area (Å²) in [5, 5.41) is 11.0. The highest BCUT2D eigenvalue weighted by Gasteiger charge is 2.56. The van der Waals surface area contributed by atoms with Crippen LogP contribution in [0.1, 0.15) is 30.4 Å². The van der Waals surface area contributed by atoms with Crippen LogP contribution >= 0.6 is 34.8 Å². The Morgan fingerprint density at radius 1 is 0.870 bits per heavy atom. The molecule has 242 valence electrons.